The van der Waals surface area contributed by atoms with E-state index in [0.717, 1.165) is 44.7 Å². The molecule has 0 aliphatic carbocycles. The summed E-state index contributed by atoms with van der Waals surface area (Å²) in [6.07, 6.45) is 1.91. The Morgan fingerprint density at radius 2 is 1.09 bits per heavy atom. The van der Waals surface area contributed by atoms with Gasteiger partial charge in [0.15, 0.2) is 0 Å². The molecule has 0 bridgehead atoms. The summed E-state index contributed by atoms with van der Waals surface area (Å²) in [5.74, 6) is 2.06. The molecule has 1 aliphatic rings. The molecule has 2 aromatic heterocycles. The van der Waals surface area contributed by atoms with Crippen molar-refractivity contribution in [2.75, 3.05) is 9.80 Å². The van der Waals surface area contributed by atoms with E-state index in [-0.39, 0.29) is 26.5 Å². The van der Waals surface area contributed by atoms with E-state index < -0.39 is 0 Å². The quantitative estimate of drug-likeness (QED) is 0.149. The number of aryl methyl sites for hydroxylation is 9. The van der Waals surface area contributed by atoms with E-state index >= 15 is 0 Å². The zero-order valence-electron chi connectivity index (χ0n) is 40.6. The first-order chi connectivity index (χ1) is 31.5. The zero-order chi connectivity index (χ0) is 46.3. The minimum absolute atomic E-state index is 0. The molecule has 67 heavy (non-hydrogen) atoms. The molecular weight excluding hydrogens is 1000 g/mol. The van der Waals surface area contributed by atoms with Crippen LogP contribution in [0.3, 0.4) is 0 Å². The third-order valence-electron chi connectivity index (χ3n) is 13.3. The summed E-state index contributed by atoms with van der Waals surface area (Å²) < 4.78 is 8.96. The van der Waals surface area contributed by atoms with Crippen LogP contribution < -0.4 is 14.5 Å². The van der Waals surface area contributed by atoms with Gasteiger partial charge in [0.25, 0.3) is 0 Å². The number of aromatic nitrogens is 2. The smallest absolute Gasteiger partial charge is 0.135 e. The number of benzene rings is 7. The SMILES string of the molecule is Cc1cc(C)c(-c2cc3c(cc2-c2c(C)cc(C)cc2C)N(c2c(C)cc(C)cc2C)[CH-]N3c2[c-]c(Oc3[c-]c4c(cc3)c3ccccc3n4-c3cc(C(C)(C)C)ccn3)ccc2)c(C)c1.[Pt]. The molecule has 0 radical (unpaired) electrons. The van der Waals surface area contributed by atoms with Crippen molar-refractivity contribution in [2.24, 2.45) is 0 Å². The second-order valence-electron chi connectivity index (χ2n) is 19.6. The predicted octanol–water partition coefficient (Wildman–Crippen LogP) is 16.4. The largest absolute Gasteiger partial charge is 0.509 e. The first-order valence-electron chi connectivity index (χ1n) is 23.0. The number of hydrogen-bond donors (Lipinski definition) is 0. The summed E-state index contributed by atoms with van der Waals surface area (Å²) in [7, 11) is 0. The molecule has 0 atom stereocenters. The Labute approximate surface area is 411 Å². The van der Waals surface area contributed by atoms with Crippen LogP contribution in [0.15, 0.2) is 121 Å². The Hall–Kier alpha value is -6.42. The topological polar surface area (TPSA) is 33.5 Å². The van der Waals surface area contributed by atoms with Gasteiger partial charge in [-0.1, -0.05) is 97.6 Å². The maximum Gasteiger partial charge on any atom is 0.135 e. The van der Waals surface area contributed by atoms with Crippen molar-refractivity contribution in [3.63, 3.8) is 0 Å². The molecule has 0 amide bonds. The van der Waals surface area contributed by atoms with Gasteiger partial charge in [-0.15, -0.1) is 48.1 Å². The standard InChI is InChI=1S/C61H57N4O.Pt/c1-36-24-39(4)58(40(5)25-36)51-33-55-56(34-52(51)59-41(6)26-37(2)27-42(59)7)64(60-43(8)28-38(3)29-44(60)9)35-63(55)46-16-15-17-47(31-46)66-48-20-21-50-49-18-13-14-19-53(49)65(54(50)32-48)57-30-45(22-23-62-57)61(10,11)12;/h13-30,33-35H,1-12H3;/q-3;. The molecule has 0 unspecified atom stereocenters. The molecule has 5 nitrogen and oxygen atoms in total. The minimum atomic E-state index is -0.0288. The van der Waals surface area contributed by atoms with E-state index in [0.29, 0.717) is 11.5 Å². The van der Waals surface area contributed by atoms with Crippen LogP contribution in [0.4, 0.5) is 22.7 Å². The third kappa shape index (κ3) is 8.16. The maximum atomic E-state index is 6.75. The van der Waals surface area contributed by atoms with Crippen LogP contribution in [0.2, 0.25) is 0 Å². The average molecular weight is 1060 g/mol. The number of ether oxygens (including phenoxy) is 1. The Morgan fingerprint density at radius 1 is 0.537 bits per heavy atom. The van der Waals surface area contributed by atoms with E-state index in [4.69, 9.17) is 9.72 Å². The van der Waals surface area contributed by atoms with Crippen molar-refractivity contribution in [2.45, 2.75) is 88.5 Å². The maximum absolute atomic E-state index is 6.75. The second-order valence-corrected chi connectivity index (χ2v) is 19.6. The molecule has 9 aromatic rings. The summed E-state index contributed by atoms with van der Waals surface area (Å²) in [6, 6.07) is 49.1. The van der Waals surface area contributed by atoms with Gasteiger partial charge in [-0.2, -0.15) is 12.1 Å². The van der Waals surface area contributed by atoms with E-state index in [1.54, 1.807) is 0 Å². The minimum Gasteiger partial charge on any atom is -0.509 e. The van der Waals surface area contributed by atoms with Crippen LogP contribution in [0.25, 0.3) is 49.9 Å². The van der Waals surface area contributed by atoms with Crippen molar-refractivity contribution >= 4 is 44.6 Å². The number of rotatable bonds is 7. The molecule has 3 heterocycles. The number of para-hydroxylation sites is 1. The second kappa shape index (κ2) is 17.3. The summed E-state index contributed by atoms with van der Waals surface area (Å²) in [6.45, 7) is 28.9. The normalized spacial score (nSPS) is 12.5. The van der Waals surface area contributed by atoms with Gasteiger partial charge < -0.3 is 19.1 Å². The number of fused-ring (bicyclic) bond motifs is 4. The van der Waals surface area contributed by atoms with Crippen LogP contribution in [0, 0.1) is 81.1 Å². The Kier molecular flexibility index (Phi) is 11.8. The molecule has 0 fully saturated rings. The van der Waals surface area contributed by atoms with Gasteiger partial charge in [0, 0.05) is 61.3 Å². The van der Waals surface area contributed by atoms with Crippen molar-refractivity contribution in [1.29, 1.82) is 0 Å². The molecule has 10 rings (SSSR count). The number of hydrogen-bond acceptors (Lipinski definition) is 4. The van der Waals surface area contributed by atoms with Gasteiger partial charge in [0.1, 0.15) is 5.82 Å². The fourth-order valence-corrected chi connectivity index (χ4v) is 10.7. The van der Waals surface area contributed by atoms with Crippen LogP contribution in [-0.2, 0) is 26.5 Å². The molecule has 7 aromatic carbocycles. The molecule has 0 saturated heterocycles. The fraction of sp³-hybridized carbons (Fsp3) is 0.213. The van der Waals surface area contributed by atoms with Gasteiger partial charge in [-0.05, 0) is 165 Å². The van der Waals surface area contributed by atoms with Gasteiger partial charge in [0.2, 0.25) is 0 Å². The van der Waals surface area contributed by atoms with E-state index in [1.165, 1.54) is 83.6 Å². The first kappa shape index (κ1) is 45.7. The first-order valence-corrected chi connectivity index (χ1v) is 23.0. The monoisotopic (exact) mass is 1060 g/mol. The number of anilines is 4. The van der Waals surface area contributed by atoms with Crippen LogP contribution >= 0.6 is 0 Å². The molecule has 0 spiro atoms. The Bertz CT molecular complexity index is 3360. The van der Waals surface area contributed by atoms with Crippen LogP contribution in [-0.4, -0.2) is 9.55 Å². The summed E-state index contributed by atoms with van der Waals surface area (Å²) in [5.41, 5.74) is 23.7. The summed E-state index contributed by atoms with van der Waals surface area (Å²) >= 11 is 0. The third-order valence-corrected chi connectivity index (χ3v) is 13.3. The molecular formula is C61H57N4OPt-3. The molecule has 340 valence electrons. The zero-order valence-corrected chi connectivity index (χ0v) is 42.9. The predicted molar refractivity (Wildman–Crippen MR) is 276 cm³/mol. The van der Waals surface area contributed by atoms with Crippen molar-refractivity contribution in [3.8, 4) is 39.6 Å². The van der Waals surface area contributed by atoms with Crippen LogP contribution in [0.1, 0.15) is 76.4 Å². The van der Waals surface area contributed by atoms with Gasteiger partial charge in [0.05, 0.1) is 0 Å². The van der Waals surface area contributed by atoms with Gasteiger partial charge in [-0.25, -0.2) is 4.98 Å². The summed E-state index contributed by atoms with van der Waals surface area (Å²) in [5, 5.41) is 2.24. The summed E-state index contributed by atoms with van der Waals surface area (Å²) in [4.78, 5) is 9.54. The average Bonchev–Trinajstić information content (AvgIpc) is 3.77. The Balaban J connectivity index is 0.00000562. The van der Waals surface area contributed by atoms with E-state index in [1.807, 2.05) is 18.3 Å². The number of pyridine rings is 1. The van der Waals surface area contributed by atoms with Crippen molar-refractivity contribution in [1.82, 2.24) is 9.55 Å². The van der Waals surface area contributed by atoms with Gasteiger partial charge in [-0.3, -0.25) is 0 Å². The van der Waals surface area contributed by atoms with E-state index in [2.05, 4.69) is 219 Å². The van der Waals surface area contributed by atoms with Crippen LogP contribution in [0.5, 0.6) is 11.5 Å². The van der Waals surface area contributed by atoms with Gasteiger partial charge >= 0.3 is 0 Å². The molecule has 0 saturated carbocycles. The van der Waals surface area contributed by atoms with Crippen molar-refractivity contribution in [3.05, 3.63) is 196 Å². The van der Waals surface area contributed by atoms with E-state index in [9.17, 15) is 0 Å². The number of nitrogens with zero attached hydrogens (tertiary/aromatic N) is 4. The molecule has 0 N–H and O–H groups in total. The Morgan fingerprint density at radius 3 is 1.69 bits per heavy atom. The van der Waals surface area contributed by atoms with Crippen molar-refractivity contribution < 1.29 is 25.8 Å². The molecule has 6 heteroatoms. The fourth-order valence-electron chi connectivity index (χ4n) is 10.7. The molecule has 1 aliphatic heterocycles.